The van der Waals surface area contributed by atoms with Crippen molar-refractivity contribution in [1.82, 2.24) is 4.31 Å². The number of hydrogen-bond donors (Lipinski definition) is 1. The van der Waals surface area contributed by atoms with Gasteiger partial charge in [-0.25, -0.2) is 13.2 Å². The lowest BCUT2D eigenvalue weighted by Gasteiger charge is -2.37. The predicted molar refractivity (Wildman–Crippen MR) is 80.6 cm³/mol. The van der Waals surface area contributed by atoms with Crippen LogP contribution in [0, 0.1) is 0 Å². The van der Waals surface area contributed by atoms with E-state index in [1.165, 1.54) is 12.1 Å². The van der Waals surface area contributed by atoms with Crippen molar-refractivity contribution in [2.75, 3.05) is 0 Å². The summed E-state index contributed by atoms with van der Waals surface area (Å²) < 4.78 is 26.9. The third kappa shape index (κ3) is 3.63. The SMILES string of the molecule is C[C@@H]1CCC[C@H](C)N1S(=O)(=O)Cc1cccc(C(=O)O)c1. The van der Waals surface area contributed by atoms with Gasteiger partial charge in [0.25, 0.3) is 0 Å². The summed E-state index contributed by atoms with van der Waals surface area (Å²) in [6, 6.07) is 6.13. The minimum absolute atomic E-state index is 0.00130. The normalized spacial score (nSPS) is 23.9. The van der Waals surface area contributed by atoms with Crippen LogP contribution in [0.1, 0.15) is 49.0 Å². The largest absolute Gasteiger partial charge is 0.478 e. The van der Waals surface area contributed by atoms with Crippen LogP contribution >= 0.6 is 0 Å². The van der Waals surface area contributed by atoms with Gasteiger partial charge in [0.2, 0.25) is 10.0 Å². The molecular weight excluding hydrogens is 290 g/mol. The molecule has 0 bridgehead atoms. The van der Waals surface area contributed by atoms with Gasteiger partial charge in [-0.15, -0.1) is 0 Å². The first-order valence-corrected chi connectivity index (χ1v) is 8.75. The summed E-state index contributed by atoms with van der Waals surface area (Å²) in [7, 11) is -3.44. The van der Waals surface area contributed by atoms with Crippen molar-refractivity contribution in [3.05, 3.63) is 35.4 Å². The second-order valence-corrected chi connectivity index (χ2v) is 7.59. The standard InChI is InChI=1S/C15H21NO4S/c1-11-5-3-6-12(2)16(11)21(19,20)10-13-7-4-8-14(9-13)15(17)18/h4,7-9,11-12H,3,5-6,10H2,1-2H3,(H,17,18)/t11-,12+. The molecule has 0 unspecified atom stereocenters. The van der Waals surface area contributed by atoms with E-state index in [0.717, 1.165) is 19.3 Å². The Balaban J connectivity index is 2.24. The Morgan fingerprint density at radius 3 is 2.48 bits per heavy atom. The van der Waals surface area contributed by atoms with Crippen LogP contribution in [-0.2, 0) is 15.8 Å². The van der Waals surface area contributed by atoms with Crippen LogP contribution in [0.4, 0.5) is 0 Å². The molecule has 116 valence electrons. The van der Waals surface area contributed by atoms with Crippen molar-refractivity contribution >= 4 is 16.0 Å². The first-order chi connectivity index (χ1) is 9.81. The number of aromatic carboxylic acids is 1. The maximum Gasteiger partial charge on any atom is 0.335 e. The Morgan fingerprint density at radius 1 is 1.29 bits per heavy atom. The summed E-state index contributed by atoms with van der Waals surface area (Å²) in [5, 5.41) is 8.98. The van der Waals surface area contributed by atoms with Gasteiger partial charge in [0, 0.05) is 12.1 Å². The summed E-state index contributed by atoms with van der Waals surface area (Å²) in [5.41, 5.74) is 0.627. The number of piperidine rings is 1. The minimum Gasteiger partial charge on any atom is -0.478 e. The van der Waals surface area contributed by atoms with E-state index in [4.69, 9.17) is 5.11 Å². The summed E-state index contributed by atoms with van der Waals surface area (Å²) >= 11 is 0. The molecule has 1 aliphatic heterocycles. The molecular formula is C15H21NO4S. The number of carboxylic acid groups (broad SMARTS) is 1. The van der Waals surface area contributed by atoms with Crippen molar-refractivity contribution in [3.8, 4) is 0 Å². The number of carbonyl (C=O) groups is 1. The molecule has 21 heavy (non-hydrogen) atoms. The highest BCUT2D eigenvalue weighted by Crippen LogP contribution is 2.27. The monoisotopic (exact) mass is 311 g/mol. The van der Waals surface area contributed by atoms with Crippen LogP contribution in [0.25, 0.3) is 0 Å². The molecule has 5 nitrogen and oxygen atoms in total. The maximum atomic E-state index is 12.6. The fraction of sp³-hybridized carbons (Fsp3) is 0.533. The van der Waals surface area contributed by atoms with Gasteiger partial charge in [0.15, 0.2) is 0 Å². The average molecular weight is 311 g/mol. The van der Waals surface area contributed by atoms with Gasteiger partial charge in [0.05, 0.1) is 11.3 Å². The maximum absolute atomic E-state index is 12.6. The lowest BCUT2D eigenvalue weighted by Crippen LogP contribution is -2.47. The molecule has 0 saturated carbocycles. The number of rotatable bonds is 4. The zero-order valence-corrected chi connectivity index (χ0v) is 13.1. The highest BCUT2D eigenvalue weighted by molar-refractivity contribution is 7.88. The number of sulfonamides is 1. The predicted octanol–water partition coefficient (Wildman–Crippen LogP) is 2.48. The van der Waals surface area contributed by atoms with E-state index in [-0.39, 0.29) is 23.4 Å². The summed E-state index contributed by atoms with van der Waals surface area (Å²) in [4.78, 5) is 11.0. The molecule has 0 aromatic heterocycles. The molecule has 1 aromatic carbocycles. The molecule has 0 spiro atoms. The molecule has 2 atom stereocenters. The highest BCUT2D eigenvalue weighted by atomic mass is 32.2. The lowest BCUT2D eigenvalue weighted by molar-refractivity contribution is 0.0696. The van der Waals surface area contributed by atoms with Crippen LogP contribution in [0.5, 0.6) is 0 Å². The highest BCUT2D eigenvalue weighted by Gasteiger charge is 2.34. The average Bonchev–Trinajstić information content (AvgIpc) is 2.37. The molecule has 2 rings (SSSR count). The molecule has 1 heterocycles. The van der Waals surface area contributed by atoms with Gasteiger partial charge in [-0.3, -0.25) is 0 Å². The lowest BCUT2D eigenvalue weighted by atomic mass is 10.0. The fourth-order valence-corrected chi connectivity index (χ4v) is 5.08. The quantitative estimate of drug-likeness (QED) is 0.927. The van der Waals surface area contributed by atoms with Gasteiger partial charge in [-0.05, 0) is 44.4 Å². The van der Waals surface area contributed by atoms with Crippen LogP contribution < -0.4 is 0 Å². The van der Waals surface area contributed by atoms with Gasteiger partial charge in [-0.1, -0.05) is 18.6 Å². The van der Waals surface area contributed by atoms with E-state index in [2.05, 4.69) is 0 Å². The Bertz CT molecular complexity index is 616. The topological polar surface area (TPSA) is 74.7 Å². The Labute approximate surface area is 125 Å². The third-order valence-electron chi connectivity index (χ3n) is 3.96. The second-order valence-electron chi connectivity index (χ2n) is 5.72. The first-order valence-electron chi connectivity index (χ1n) is 7.14. The van der Waals surface area contributed by atoms with Gasteiger partial charge in [0.1, 0.15) is 0 Å². The van der Waals surface area contributed by atoms with Crippen molar-refractivity contribution < 1.29 is 18.3 Å². The molecule has 6 heteroatoms. The second kappa shape index (κ2) is 6.15. The van der Waals surface area contributed by atoms with Gasteiger partial charge in [-0.2, -0.15) is 4.31 Å². The van der Waals surface area contributed by atoms with Crippen molar-refractivity contribution in [2.24, 2.45) is 0 Å². The van der Waals surface area contributed by atoms with E-state index < -0.39 is 16.0 Å². The Hall–Kier alpha value is -1.40. The summed E-state index contributed by atoms with van der Waals surface area (Å²) in [6.45, 7) is 3.86. The van der Waals surface area contributed by atoms with Gasteiger partial charge >= 0.3 is 5.97 Å². The summed E-state index contributed by atoms with van der Waals surface area (Å²) in [5.74, 6) is -1.20. The number of nitrogens with zero attached hydrogens (tertiary/aromatic N) is 1. The van der Waals surface area contributed by atoms with Crippen molar-refractivity contribution in [3.63, 3.8) is 0 Å². The molecule has 1 aliphatic rings. The molecule has 1 N–H and O–H groups in total. The van der Waals surface area contributed by atoms with Crippen molar-refractivity contribution in [2.45, 2.75) is 50.9 Å². The van der Waals surface area contributed by atoms with Crippen LogP contribution in [0.3, 0.4) is 0 Å². The van der Waals surface area contributed by atoms with E-state index in [0.29, 0.717) is 5.56 Å². The Morgan fingerprint density at radius 2 is 1.90 bits per heavy atom. The van der Waals surface area contributed by atoms with E-state index in [1.54, 1.807) is 16.4 Å². The number of benzene rings is 1. The fourth-order valence-electron chi connectivity index (χ4n) is 3.03. The third-order valence-corrected chi connectivity index (χ3v) is 6.02. The van der Waals surface area contributed by atoms with E-state index >= 15 is 0 Å². The Kier molecular flexibility index (Phi) is 4.68. The first kappa shape index (κ1) is 16.0. The summed E-state index contributed by atoms with van der Waals surface area (Å²) in [6.07, 6.45) is 2.79. The number of carboxylic acids is 1. The molecule has 1 saturated heterocycles. The molecule has 0 radical (unpaired) electrons. The van der Waals surface area contributed by atoms with Crippen molar-refractivity contribution in [1.29, 1.82) is 0 Å². The van der Waals surface area contributed by atoms with Crippen LogP contribution in [0.15, 0.2) is 24.3 Å². The zero-order chi connectivity index (χ0) is 15.6. The van der Waals surface area contributed by atoms with E-state index in [9.17, 15) is 13.2 Å². The van der Waals surface area contributed by atoms with E-state index in [1.807, 2.05) is 13.8 Å². The zero-order valence-electron chi connectivity index (χ0n) is 12.3. The molecule has 0 aliphatic carbocycles. The molecule has 1 aromatic rings. The molecule has 1 fully saturated rings. The van der Waals surface area contributed by atoms with Crippen LogP contribution in [-0.4, -0.2) is 35.9 Å². The molecule has 0 amide bonds. The minimum atomic E-state index is -3.44. The van der Waals surface area contributed by atoms with Crippen LogP contribution in [0.2, 0.25) is 0 Å². The van der Waals surface area contributed by atoms with Gasteiger partial charge < -0.3 is 5.11 Å². The number of hydrogen-bond acceptors (Lipinski definition) is 3. The smallest absolute Gasteiger partial charge is 0.335 e.